The molecule has 0 amide bonds. The number of hydrogen-bond acceptors (Lipinski definition) is 4. The lowest BCUT2D eigenvalue weighted by molar-refractivity contribution is -0.260. The molecule has 1 aliphatic heterocycles. The van der Waals surface area contributed by atoms with Gasteiger partial charge in [0.1, 0.15) is 5.75 Å². The fourth-order valence-electron chi connectivity index (χ4n) is 4.73. The SMILES string of the molecule is Cc1ccc2c(NCC(O)(CC(C)(C)c3cccc4c3OC(F)C4)C(F)(F)F)c(C)ccc2n1. The van der Waals surface area contributed by atoms with E-state index in [2.05, 4.69) is 10.3 Å². The van der Waals surface area contributed by atoms with E-state index in [1.54, 1.807) is 51.1 Å². The highest BCUT2D eigenvalue weighted by Gasteiger charge is 2.56. The van der Waals surface area contributed by atoms with E-state index in [-0.39, 0.29) is 12.2 Å². The molecule has 2 aromatic carbocycles. The van der Waals surface area contributed by atoms with E-state index >= 15 is 0 Å². The highest BCUT2D eigenvalue weighted by atomic mass is 19.4. The zero-order valence-electron chi connectivity index (χ0n) is 19.6. The molecule has 0 aliphatic carbocycles. The molecular weight excluding hydrogens is 448 g/mol. The van der Waals surface area contributed by atoms with Gasteiger partial charge in [-0.1, -0.05) is 38.1 Å². The lowest BCUT2D eigenvalue weighted by Gasteiger charge is -2.38. The van der Waals surface area contributed by atoms with Gasteiger partial charge in [0.2, 0.25) is 6.36 Å². The number of alkyl halides is 4. The van der Waals surface area contributed by atoms with Gasteiger partial charge < -0.3 is 15.2 Å². The van der Waals surface area contributed by atoms with Gasteiger partial charge in [0.15, 0.2) is 5.60 Å². The number of rotatable bonds is 6. The molecule has 34 heavy (non-hydrogen) atoms. The number of pyridine rings is 1. The van der Waals surface area contributed by atoms with E-state index in [9.17, 15) is 22.7 Å². The zero-order valence-corrected chi connectivity index (χ0v) is 19.6. The first kappa shape index (κ1) is 24.3. The van der Waals surface area contributed by atoms with E-state index in [1.165, 1.54) is 0 Å². The third kappa shape index (κ3) is 4.43. The van der Waals surface area contributed by atoms with Gasteiger partial charge in [0.05, 0.1) is 12.1 Å². The molecule has 3 aromatic rings. The maximum atomic E-state index is 14.3. The summed E-state index contributed by atoms with van der Waals surface area (Å²) in [5.74, 6) is 0.267. The van der Waals surface area contributed by atoms with E-state index in [4.69, 9.17) is 4.74 Å². The fourth-order valence-corrected chi connectivity index (χ4v) is 4.73. The maximum absolute atomic E-state index is 14.3. The second-order valence-electron chi connectivity index (χ2n) is 9.75. The quantitative estimate of drug-likeness (QED) is 0.419. The lowest BCUT2D eigenvalue weighted by Crippen LogP contribution is -2.53. The first-order valence-electron chi connectivity index (χ1n) is 11.1. The van der Waals surface area contributed by atoms with Crippen molar-refractivity contribution in [1.29, 1.82) is 0 Å². The van der Waals surface area contributed by atoms with Crippen LogP contribution in [0.1, 0.15) is 42.7 Å². The Kier molecular flexibility index (Phi) is 6.00. The number of nitrogens with zero attached hydrogens (tertiary/aromatic N) is 1. The van der Waals surface area contributed by atoms with Crippen LogP contribution in [0.4, 0.5) is 23.2 Å². The summed E-state index contributed by atoms with van der Waals surface area (Å²) < 4.78 is 61.9. The highest BCUT2D eigenvalue weighted by Crippen LogP contribution is 2.46. The number of nitrogens with one attached hydrogen (secondary N) is 1. The molecule has 4 rings (SSSR count). The Bertz CT molecular complexity index is 1230. The first-order chi connectivity index (χ1) is 15.8. The minimum atomic E-state index is -4.91. The van der Waals surface area contributed by atoms with Crippen LogP contribution in [0.15, 0.2) is 42.5 Å². The predicted molar refractivity (Wildman–Crippen MR) is 124 cm³/mol. The Balaban J connectivity index is 1.66. The summed E-state index contributed by atoms with van der Waals surface area (Å²) in [6.07, 6.45) is -7.03. The Hall–Kier alpha value is -2.87. The van der Waals surface area contributed by atoms with Crippen LogP contribution in [0.3, 0.4) is 0 Å². The van der Waals surface area contributed by atoms with Crippen LogP contribution in [0.5, 0.6) is 5.75 Å². The Labute approximate surface area is 196 Å². The number of benzene rings is 2. The smallest absolute Gasteiger partial charge is 0.418 e. The molecule has 0 saturated heterocycles. The van der Waals surface area contributed by atoms with E-state index in [1.807, 2.05) is 19.1 Å². The average molecular weight is 477 g/mol. The molecule has 2 unspecified atom stereocenters. The zero-order chi connectivity index (χ0) is 24.9. The first-order valence-corrected chi connectivity index (χ1v) is 11.1. The van der Waals surface area contributed by atoms with Crippen molar-refractivity contribution in [2.24, 2.45) is 0 Å². The largest absolute Gasteiger partial charge is 0.459 e. The Morgan fingerprint density at radius 1 is 1.09 bits per heavy atom. The molecule has 0 radical (unpaired) electrons. The second-order valence-corrected chi connectivity index (χ2v) is 9.75. The second kappa shape index (κ2) is 8.41. The molecule has 182 valence electrons. The molecule has 2 heterocycles. The number of aromatic nitrogens is 1. The van der Waals surface area contributed by atoms with Crippen molar-refractivity contribution in [2.45, 2.75) is 64.1 Å². The highest BCUT2D eigenvalue weighted by molar-refractivity contribution is 5.93. The van der Waals surface area contributed by atoms with Gasteiger partial charge in [0.25, 0.3) is 0 Å². The van der Waals surface area contributed by atoms with Gasteiger partial charge in [-0.2, -0.15) is 13.2 Å². The standard InChI is InChI=1S/C26H28F4N2O2/c1-15-8-11-20-18(10-9-16(2)32-20)22(15)31-14-25(33,26(28,29)30)13-24(3,4)19-7-5-6-17-12-21(27)34-23(17)19/h5-11,21,31,33H,12-14H2,1-4H3. The van der Waals surface area contributed by atoms with Crippen LogP contribution in [0.25, 0.3) is 10.9 Å². The maximum Gasteiger partial charge on any atom is 0.418 e. The number of hydrogen-bond donors (Lipinski definition) is 2. The van der Waals surface area contributed by atoms with E-state index in [0.29, 0.717) is 27.7 Å². The molecule has 4 nitrogen and oxygen atoms in total. The van der Waals surface area contributed by atoms with Crippen LogP contribution in [0, 0.1) is 13.8 Å². The summed E-state index contributed by atoms with van der Waals surface area (Å²) in [4.78, 5) is 4.44. The van der Waals surface area contributed by atoms with Crippen LogP contribution in [-0.2, 0) is 11.8 Å². The normalized spacial score (nSPS) is 17.9. The molecule has 1 aromatic heterocycles. The summed E-state index contributed by atoms with van der Waals surface area (Å²) in [5, 5.41) is 14.5. The summed E-state index contributed by atoms with van der Waals surface area (Å²) >= 11 is 0. The summed E-state index contributed by atoms with van der Waals surface area (Å²) in [7, 11) is 0. The van der Waals surface area contributed by atoms with Gasteiger partial charge in [-0.25, -0.2) is 4.39 Å². The third-order valence-corrected chi connectivity index (χ3v) is 6.49. The van der Waals surface area contributed by atoms with Crippen molar-refractivity contribution >= 4 is 16.6 Å². The van der Waals surface area contributed by atoms with Gasteiger partial charge in [-0.05, 0) is 49.4 Å². The van der Waals surface area contributed by atoms with Gasteiger partial charge in [-0.15, -0.1) is 0 Å². The number of aryl methyl sites for hydroxylation is 2. The number of halogens is 4. The topological polar surface area (TPSA) is 54.4 Å². The number of fused-ring (bicyclic) bond motifs is 2. The van der Waals surface area contributed by atoms with Crippen LogP contribution in [-0.4, -0.2) is 34.8 Å². The molecular formula is C26H28F4N2O2. The summed E-state index contributed by atoms with van der Waals surface area (Å²) in [6, 6.07) is 12.2. The minimum Gasteiger partial charge on any atom is -0.459 e. The summed E-state index contributed by atoms with van der Waals surface area (Å²) in [5.41, 5.74) is -0.478. The molecule has 0 fully saturated rings. The van der Waals surface area contributed by atoms with Crippen molar-refractivity contribution in [3.8, 4) is 5.75 Å². The Morgan fingerprint density at radius 3 is 2.53 bits per heavy atom. The number of para-hydroxylation sites is 1. The molecule has 0 spiro atoms. The molecule has 0 bridgehead atoms. The molecule has 2 N–H and O–H groups in total. The molecule has 8 heteroatoms. The van der Waals surface area contributed by atoms with Gasteiger partial charge >= 0.3 is 6.18 Å². The van der Waals surface area contributed by atoms with Crippen molar-refractivity contribution in [3.63, 3.8) is 0 Å². The van der Waals surface area contributed by atoms with Crippen LogP contribution < -0.4 is 10.1 Å². The third-order valence-electron chi connectivity index (χ3n) is 6.49. The number of aliphatic hydroxyl groups is 1. The molecule has 0 saturated carbocycles. The van der Waals surface area contributed by atoms with Gasteiger partial charge in [-0.3, -0.25) is 4.98 Å². The molecule has 1 aliphatic rings. The number of ether oxygens (including phenoxy) is 1. The van der Waals surface area contributed by atoms with E-state index in [0.717, 1.165) is 11.3 Å². The van der Waals surface area contributed by atoms with Crippen molar-refractivity contribution in [2.75, 3.05) is 11.9 Å². The lowest BCUT2D eigenvalue weighted by atomic mass is 9.74. The average Bonchev–Trinajstić information content (AvgIpc) is 3.12. The van der Waals surface area contributed by atoms with E-state index < -0.39 is 36.5 Å². The minimum absolute atomic E-state index is 0.0538. The van der Waals surface area contributed by atoms with Crippen molar-refractivity contribution in [1.82, 2.24) is 4.98 Å². The fraction of sp³-hybridized carbons (Fsp3) is 0.423. The summed E-state index contributed by atoms with van der Waals surface area (Å²) in [6.45, 7) is 6.08. The van der Waals surface area contributed by atoms with Gasteiger partial charge in [0, 0.05) is 34.3 Å². The number of anilines is 1. The van der Waals surface area contributed by atoms with Crippen LogP contribution in [0.2, 0.25) is 0 Å². The van der Waals surface area contributed by atoms with Crippen LogP contribution >= 0.6 is 0 Å². The Morgan fingerprint density at radius 2 is 1.82 bits per heavy atom. The van der Waals surface area contributed by atoms with Crippen molar-refractivity contribution in [3.05, 3.63) is 64.8 Å². The monoisotopic (exact) mass is 476 g/mol. The predicted octanol–water partition coefficient (Wildman–Crippen LogP) is 6.16. The molecule has 2 atom stereocenters. The van der Waals surface area contributed by atoms with Crippen molar-refractivity contribution < 1.29 is 27.4 Å².